The summed E-state index contributed by atoms with van der Waals surface area (Å²) in [5, 5.41) is 0.929. The largest absolute Gasteiger partial charge is 0.464 e. The number of hydrogen-bond acceptors (Lipinski definition) is 1. The number of allylic oxidation sites excluding steroid dienone is 2. The standard InChI is InChI=1S/C9H10O.2C2H6/c1-3-4-5-9-8(2)6-7-10-9;2*1-2/h3-7H,2H2,1H3;2*1-2H3/b4-3-,9-5+;;. The van der Waals surface area contributed by atoms with Gasteiger partial charge in [0.25, 0.3) is 0 Å². The monoisotopic (exact) mass is 194 g/mol. The molecular weight excluding hydrogens is 172 g/mol. The Morgan fingerprint density at radius 1 is 1.21 bits per heavy atom. The number of hydrogen-bond donors (Lipinski definition) is 0. The highest BCUT2D eigenvalue weighted by Gasteiger charge is 1.80. The van der Waals surface area contributed by atoms with E-state index in [0.29, 0.717) is 0 Å². The summed E-state index contributed by atoms with van der Waals surface area (Å²) in [5.74, 6) is 0. The Hall–Kier alpha value is -1.24. The van der Waals surface area contributed by atoms with Crippen LogP contribution in [-0.4, -0.2) is 0 Å². The third kappa shape index (κ3) is 6.30. The van der Waals surface area contributed by atoms with Crippen LogP contribution in [0.5, 0.6) is 0 Å². The molecule has 0 radical (unpaired) electrons. The second-order valence-corrected chi connectivity index (χ2v) is 2.00. The smallest absolute Gasteiger partial charge is 0.133 e. The van der Waals surface area contributed by atoms with Crippen molar-refractivity contribution in [2.45, 2.75) is 34.6 Å². The van der Waals surface area contributed by atoms with Gasteiger partial charge >= 0.3 is 0 Å². The van der Waals surface area contributed by atoms with Gasteiger partial charge in [-0.15, -0.1) is 0 Å². The molecule has 0 N–H and O–H groups in total. The highest BCUT2D eigenvalue weighted by molar-refractivity contribution is 5.33. The summed E-state index contributed by atoms with van der Waals surface area (Å²) in [6, 6.07) is 1.84. The Morgan fingerprint density at radius 2 is 1.79 bits per heavy atom. The van der Waals surface area contributed by atoms with Crippen LogP contribution in [-0.2, 0) is 0 Å². The Balaban J connectivity index is 0. The minimum Gasteiger partial charge on any atom is -0.464 e. The van der Waals surface area contributed by atoms with Crippen molar-refractivity contribution in [1.82, 2.24) is 0 Å². The number of furan rings is 1. The van der Waals surface area contributed by atoms with Crippen LogP contribution in [0.3, 0.4) is 0 Å². The van der Waals surface area contributed by atoms with Gasteiger partial charge in [-0.2, -0.15) is 0 Å². The van der Waals surface area contributed by atoms with Gasteiger partial charge in [0.2, 0.25) is 0 Å². The molecule has 1 nitrogen and oxygen atoms in total. The zero-order valence-corrected chi connectivity index (χ0v) is 10.0. The topological polar surface area (TPSA) is 13.1 Å². The van der Waals surface area contributed by atoms with Crippen molar-refractivity contribution in [3.63, 3.8) is 0 Å². The van der Waals surface area contributed by atoms with Crippen molar-refractivity contribution in [2.75, 3.05) is 0 Å². The Bertz CT molecular complexity index is 317. The van der Waals surface area contributed by atoms with Crippen molar-refractivity contribution in [1.29, 1.82) is 0 Å². The Kier molecular flexibility index (Phi) is 12.8. The van der Waals surface area contributed by atoms with E-state index in [1.54, 1.807) is 6.26 Å². The Labute approximate surface area is 87.5 Å². The molecule has 0 aliphatic rings. The molecule has 0 saturated carbocycles. The van der Waals surface area contributed by atoms with E-state index >= 15 is 0 Å². The molecule has 1 aromatic rings. The second kappa shape index (κ2) is 11.8. The van der Waals surface area contributed by atoms with Crippen LogP contribution in [0.25, 0.3) is 12.7 Å². The van der Waals surface area contributed by atoms with Crippen molar-refractivity contribution in [2.24, 2.45) is 0 Å². The predicted octanol–water partition coefficient (Wildman–Crippen LogP) is 3.10. The van der Waals surface area contributed by atoms with Gasteiger partial charge in [0, 0.05) is 5.22 Å². The van der Waals surface area contributed by atoms with Gasteiger partial charge < -0.3 is 4.42 Å². The molecule has 0 spiro atoms. The third-order valence-corrected chi connectivity index (χ3v) is 1.22. The molecule has 0 aromatic carbocycles. The molecule has 0 fully saturated rings. The van der Waals surface area contributed by atoms with Crippen LogP contribution < -0.4 is 10.6 Å². The predicted molar refractivity (Wildman–Crippen MR) is 65.5 cm³/mol. The zero-order chi connectivity index (χ0) is 11.4. The van der Waals surface area contributed by atoms with E-state index < -0.39 is 0 Å². The van der Waals surface area contributed by atoms with Crippen molar-refractivity contribution in [3.8, 4) is 0 Å². The molecule has 0 aliphatic carbocycles. The van der Waals surface area contributed by atoms with Crippen LogP contribution in [0.1, 0.15) is 34.6 Å². The lowest BCUT2D eigenvalue weighted by Crippen LogP contribution is -2.16. The maximum atomic E-state index is 5.10. The molecule has 0 amide bonds. The first kappa shape index (κ1) is 15.2. The molecule has 0 bridgehead atoms. The molecule has 0 aliphatic heterocycles. The summed E-state index contributed by atoms with van der Waals surface area (Å²) < 4.78 is 5.10. The molecule has 80 valence electrons. The average Bonchev–Trinajstić information content (AvgIpc) is 2.67. The summed E-state index contributed by atoms with van der Waals surface area (Å²) in [7, 11) is 0. The van der Waals surface area contributed by atoms with Gasteiger partial charge in [-0.3, -0.25) is 0 Å². The summed E-state index contributed by atoms with van der Waals surface area (Å²) in [5.41, 5.74) is 0.832. The van der Waals surface area contributed by atoms with Crippen LogP contribution in [0.2, 0.25) is 0 Å². The normalized spacial score (nSPS) is 10.2. The van der Waals surface area contributed by atoms with E-state index in [9.17, 15) is 0 Å². The summed E-state index contributed by atoms with van der Waals surface area (Å²) >= 11 is 0. The maximum absolute atomic E-state index is 5.10. The lowest BCUT2D eigenvalue weighted by atomic mass is 10.4. The first-order chi connectivity index (χ1) is 6.84. The number of rotatable bonds is 1. The first-order valence-corrected chi connectivity index (χ1v) is 5.20. The quantitative estimate of drug-likeness (QED) is 0.669. The van der Waals surface area contributed by atoms with Crippen LogP contribution in [0.4, 0.5) is 0 Å². The van der Waals surface area contributed by atoms with E-state index in [2.05, 4.69) is 6.58 Å². The van der Waals surface area contributed by atoms with Gasteiger partial charge in [-0.05, 0) is 19.1 Å². The molecule has 14 heavy (non-hydrogen) atoms. The molecule has 0 unspecified atom stereocenters. The second-order valence-electron chi connectivity index (χ2n) is 2.00. The molecular formula is C13H22O. The van der Waals surface area contributed by atoms with E-state index in [1.165, 1.54) is 0 Å². The summed E-state index contributed by atoms with van der Waals surface area (Å²) in [4.78, 5) is 0. The van der Waals surface area contributed by atoms with E-state index in [1.807, 2.05) is 58.9 Å². The lowest BCUT2D eigenvalue weighted by Gasteiger charge is -1.71. The molecule has 0 saturated heterocycles. The zero-order valence-electron chi connectivity index (χ0n) is 10.0. The van der Waals surface area contributed by atoms with E-state index in [-0.39, 0.29) is 0 Å². The highest BCUT2D eigenvalue weighted by Crippen LogP contribution is 1.72. The molecule has 1 aromatic heterocycles. The minimum absolute atomic E-state index is 0.832. The average molecular weight is 194 g/mol. The van der Waals surface area contributed by atoms with Gasteiger partial charge in [0.05, 0.1) is 6.26 Å². The molecule has 1 rings (SSSR count). The van der Waals surface area contributed by atoms with Crippen molar-refractivity contribution >= 4 is 12.7 Å². The highest BCUT2D eigenvalue weighted by atomic mass is 16.3. The van der Waals surface area contributed by atoms with Crippen molar-refractivity contribution in [3.05, 3.63) is 35.1 Å². The van der Waals surface area contributed by atoms with Crippen LogP contribution in [0.15, 0.2) is 28.9 Å². The molecule has 1 heteroatoms. The summed E-state index contributed by atoms with van der Waals surface area (Å²) in [6.07, 6.45) is 7.40. The molecule has 0 atom stereocenters. The summed E-state index contributed by atoms with van der Waals surface area (Å²) in [6.45, 7) is 13.7. The Morgan fingerprint density at radius 3 is 2.14 bits per heavy atom. The van der Waals surface area contributed by atoms with E-state index in [4.69, 9.17) is 4.42 Å². The van der Waals surface area contributed by atoms with Gasteiger partial charge in [-0.1, -0.05) is 46.4 Å². The lowest BCUT2D eigenvalue weighted by molar-refractivity contribution is 0.531. The fourth-order valence-corrected chi connectivity index (χ4v) is 0.677. The van der Waals surface area contributed by atoms with Gasteiger partial charge in [-0.25, -0.2) is 0 Å². The first-order valence-electron chi connectivity index (χ1n) is 5.20. The van der Waals surface area contributed by atoms with Crippen LogP contribution >= 0.6 is 0 Å². The maximum Gasteiger partial charge on any atom is 0.133 e. The van der Waals surface area contributed by atoms with Gasteiger partial charge in [0.1, 0.15) is 5.42 Å². The fraction of sp³-hybridized carbons (Fsp3) is 0.385. The fourth-order valence-electron chi connectivity index (χ4n) is 0.677. The molecule has 1 heterocycles. The van der Waals surface area contributed by atoms with Crippen LogP contribution in [0, 0.1) is 0 Å². The SMILES string of the molecule is C=c1cco/c1=C/C=C\C.CC.CC. The van der Waals surface area contributed by atoms with Crippen molar-refractivity contribution < 1.29 is 4.42 Å². The third-order valence-electron chi connectivity index (χ3n) is 1.22. The van der Waals surface area contributed by atoms with Gasteiger partial charge in [0.15, 0.2) is 0 Å². The van der Waals surface area contributed by atoms with E-state index in [0.717, 1.165) is 10.6 Å². The minimum atomic E-state index is 0.832.